The fourth-order valence-electron chi connectivity index (χ4n) is 3.12. The van der Waals surface area contributed by atoms with Gasteiger partial charge in [-0.2, -0.15) is 0 Å². The second-order valence-electron chi connectivity index (χ2n) is 6.73. The van der Waals surface area contributed by atoms with Gasteiger partial charge in [-0.3, -0.25) is 14.5 Å². The molecule has 1 saturated heterocycles. The fourth-order valence-corrected chi connectivity index (χ4v) is 3.12. The maximum atomic E-state index is 12.2. The van der Waals surface area contributed by atoms with E-state index in [1.165, 1.54) is 7.11 Å². The quantitative estimate of drug-likeness (QED) is 0.826. The van der Waals surface area contributed by atoms with Crippen LogP contribution < -0.4 is 5.32 Å². The first-order valence-corrected chi connectivity index (χ1v) is 8.15. The molecule has 1 aromatic carbocycles. The molecule has 0 saturated carbocycles. The zero-order chi connectivity index (χ0) is 17.7. The first-order valence-electron chi connectivity index (χ1n) is 8.15. The van der Waals surface area contributed by atoms with E-state index >= 15 is 0 Å². The van der Waals surface area contributed by atoms with Crippen molar-refractivity contribution in [1.82, 2.24) is 10.2 Å². The number of morpholine rings is 1. The Balaban J connectivity index is 2.06. The van der Waals surface area contributed by atoms with Crippen molar-refractivity contribution in [2.75, 3.05) is 26.7 Å². The Morgan fingerprint density at radius 3 is 2.62 bits per heavy atom. The van der Waals surface area contributed by atoms with Crippen molar-refractivity contribution in [3.8, 4) is 0 Å². The molecule has 0 aliphatic carbocycles. The standard InChI is InChI=1S/C18H26N2O4/c1-13-11-20(12-18(2,3)24-13)15(17(22)23-4)10-19-16(21)14-8-6-5-7-9-14/h5-9,13,15H,10-12H2,1-4H3,(H,19,21)/t13-,15+/m1/s1. The van der Waals surface area contributed by atoms with Crippen molar-refractivity contribution < 1.29 is 19.1 Å². The lowest BCUT2D eigenvalue weighted by molar-refractivity contribution is -0.162. The summed E-state index contributed by atoms with van der Waals surface area (Å²) >= 11 is 0. The molecule has 1 aromatic rings. The van der Waals surface area contributed by atoms with Gasteiger partial charge in [-0.25, -0.2) is 0 Å². The van der Waals surface area contributed by atoms with Crippen LogP contribution in [-0.4, -0.2) is 61.3 Å². The number of benzene rings is 1. The molecule has 1 amide bonds. The summed E-state index contributed by atoms with van der Waals surface area (Å²) in [5, 5.41) is 2.83. The van der Waals surface area contributed by atoms with Gasteiger partial charge in [-0.05, 0) is 32.9 Å². The van der Waals surface area contributed by atoms with Gasteiger partial charge in [0.1, 0.15) is 6.04 Å². The number of esters is 1. The monoisotopic (exact) mass is 334 g/mol. The highest BCUT2D eigenvalue weighted by Crippen LogP contribution is 2.22. The van der Waals surface area contributed by atoms with E-state index in [1.54, 1.807) is 24.3 Å². The molecule has 1 N–H and O–H groups in total. The van der Waals surface area contributed by atoms with Gasteiger partial charge in [-0.15, -0.1) is 0 Å². The first-order chi connectivity index (χ1) is 11.3. The molecule has 1 fully saturated rings. The third-order valence-electron chi connectivity index (χ3n) is 4.00. The molecule has 2 rings (SSSR count). The van der Waals surface area contributed by atoms with Gasteiger partial charge in [0.15, 0.2) is 0 Å². The zero-order valence-electron chi connectivity index (χ0n) is 14.7. The van der Waals surface area contributed by atoms with Crippen LogP contribution >= 0.6 is 0 Å². The molecule has 6 heteroatoms. The molecule has 132 valence electrons. The Hall–Kier alpha value is -1.92. The van der Waals surface area contributed by atoms with Crippen LogP contribution in [0, 0.1) is 0 Å². The number of ether oxygens (including phenoxy) is 2. The van der Waals surface area contributed by atoms with Gasteiger partial charge in [-0.1, -0.05) is 18.2 Å². The topological polar surface area (TPSA) is 67.9 Å². The van der Waals surface area contributed by atoms with E-state index in [0.717, 1.165) is 0 Å². The largest absolute Gasteiger partial charge is 0.468 e. The molecule has 0 spiro atoms. The smallest absolute Gasteiger partial charge is 0.324 e. The Kier molecular flexibility index (Phi) is 5.96. The number of nitrogens with one attached hydrogen (secondary N) is 1. The fraction of sp³-hybridized carbons (Fsp3) is 0.556. The van der Waals surface area contributed by atoms with E-state index in [-0.39, 0.29) is 30.1 Å². The summed E-state index contributed by atoms with van der Waals surface area (Å²) in [6.45, 7) is 7.37. The van der Waals surface area contributed by atoms with E-state index in [0.29, 0.717) is 18.7 Å². The summed E-state index contributed by atoms with van der Waals surface area (Å²) < 4.78 is 10.8. The third kappa shape index (κ3) is 4.79. The van der Waals surface area contributed by atoms with Crippen LogP contribution in [0.2, 0.25) is 0 Å². The van der Waals surface area contributed by atoms with Crippen LogP contribution in [0.4, 0.5) is 0 Å². The number of amides is 1. The van der Waals surface area contributed by atoms with E-state index in [9.17, 15) is 9.59 Å². The van der Waals surface area contributed by atoms with E-state index in [4.69, 9.17) is 9.47 Å². The van der Waals surface area contributed by atoms with Crippen LogP contribution in [0.5, 0.6) is 0 Å². The van der Waals surface area contributed by atoms with E-state index in [2.05, 4.69) is 5.32 Å². The van der Waals surface area contributed by atoms with Crippen molar-refractivity contribution in [1.29, 1.82) is 0 Å². The Morgan fingerprint density at radius 2 is 2.04 bits per heavy atom. The SMILES string of the molecule is COC(=O)[C@H](CNC(=O)c1ccccc1)N1C[C@@H](C)OC(C)(C)C1. The molecule has 0 aromatic heterocycles. The van der Waals surface area contributed by atoms with Crippen molar-refractivity contribution in [2.45, 2.75) is 38.5 Å². The van der Waals surface area contributed by atoms with E-state index in [1.807, 2.05) is 31.7 Å². The number of carbonyl (C=O) groups excluding carboxylic acids is 2. The van der Waals surface area contributed by atoms with Crippen LogP contribution in [0.25, 0.3) is 0 Å². The second kappa shape index (κ2) is 7.77. The molecule has 1 aliphatic heterocycles. The lowest BCUT2D eigenvalue weighted by Crippen LogP contribution is -2.59. The molecular weight excluding hydrogens is 308 g/mol. The van der Waals surface area contributed by atoms with Crippen molar-refractivity contribution >= 4 is 11.9 Å². The number of carbonyl (C=O) groups is 2. The summed E-state index contributed by atoms with van der Waals surface area (Å²) in [4.78, 5) is 26.5. The minimum Gasteiger partial charge on any atom is -0.468 e. The predicted molar refractivity (Wildman–Crippen MR) is 90.8 cm³/mol. The summed E-state index contributed by atoms with van der Waals surface area (Å²) in [5.41, 5.74) is 0.213. The van der Waals surface area contributed by atoms with Crippen molar-refractivity contribution in [3.63, 3.8) is 0 Å². The van der Waals surface area contributed by atoms with Crippen LogP contribution in [0.3, 0.4) is 0 Å². The number of methoxy groups -OCH3 is 1. The first kappa shape index (κ1) is 18.4. The number of hydrogen-bond acceptors (Lipinski definition) is 5. The zero-order valence-corrected chi connectivity index (χ0v) is 14.7. The Bertz CT molecular complexity index is 574. The maximum Gasteiger partial charge on any atom is 0.324 e. The minimum atomic E-state index is -0.534. The van der Waals surface area contributed by atoms with Gasteiger partial charge in [0.25, 0.3) is 5.91 Å². The van der Waals surface area contributed by atoms with Crippen LogP contribution in [0.15, 0.2) is 30.3 Å². The van der Waals surface area contributed by atoms with E-state index < -0.39 is 6.04 Å². The lowest BCUT2D eigenvalue weighted by atomic mass is 10.0. The molecule has 6 nitrogen and oxygen atoms in total. The summed E-state index contributed by atoms with van der Waals surface area (Å²) in [6.07, 6.45) is 0.00531. The maximum absolute atomic E-state index is 12.2. The average Bonchev–Trinajstić information content (AvgIpc) is 2.53. The van der Waals surface area contributed by atoms with Crippen LogP contribution in [-0.2, 0) is 14.3 Å². The Morgan fingerprint density at radius 1 is 1.38 bits per heavy atom. The van der Waals surface area contributed by atoms with Gasteiger partial charge in [0.05, 0.1) is 18.8 Å². The molecule has 0 unspecified atom stereocenters. The molecular formula is C18H26N2O4. The van der Waals surface area contributed by atoms with Gasteiger partial charge in [0, 0.05) is 25.2 Å². The summed E-state index contributed by atoms with van der Waals surface area (Å²) in [6, 6.07) is 8.40. The molecule has 24 heavy (non-hydrogen) atoms. The molecule has 2 atom stereocenters. The number of rotatable bonds is 5. The predicted octanol–water partition coefficient (Wildman–Crippen LogP) is 1.46. The van der Waals surface area contributed by atoms with Gasteiger partial charge < -0.3 is 14.8 Å². The number of hydrogen-bond donors (Lipinski definition) is 1. The van der Waals surface area contributed by atoms with Crippen molar-refractivity contribution in [3.05, 3.63) is 35.9 Å². The van der Waals surface area contributed by atoms with Crippen molar-refractivity contribution in [2.24, 2.45) is 0 Å². The molecule has 0 bridgehead atoms. The molecule has 0 radical (unpaired) electrons. The van der Waals surface area contributed by atoms with Gasteiger partial charge >= 0.3 is 5.97 Å². The number of nitrogens with zero attached hydrogens (tertiary/aromatic N) is 1. The normalized spacial score (nSPS) is 21.8. The highest BCUT2D eigenvalue weighted by Gasteiger charge is 2.37. The third-order valence-corrected chi connectivity index (χ3v) is 4.00. The Labute approximate surface area is 143 Å². The summed E-state index contributed by atoms with van der Waals surface area (Å²) in [7, 11) is 1.36. The lowest BCUT2D eigenvalue weighted by Gasteiger charge is -2.44. The molecule has 1 heterocycles. The highest BCUT2D eigenvalue weighted by molar-refractivity contribution is 5.94. The average molecular weight is 334 g/mol. The minimum absolute atomic E-state index is 0.00531. The second-order valence-corrected chi connectivity index (χ2v) is 6.73. The molecule has 1 aliphatic rings. The highest BCUT2D eigenvalue weighted by atomic mass is 16.5. The summed E-state index contributed by atoms with van der Waals surface area (Å²) in [5.74, 6) is -0.557. The van der Waals surface area contributed by atoms with Crippen LogP contribution in [0.1, 0.15) is 31.1 Å². The van der Waals surface area contributed by atoms with Gasteiger partial charge in [0.2, 0.25) is 0 Å².